The van der Waals surface area contributed by atoms with Crippen LogP contribution in [0.15, 0.2) is 42.5 Å². The van der Waals surface area contributed by atoms with Gasteiger partial charge in [0.05, 0.1) is 5.75 Å². The number of rotatable bonds is 5. The number of carbonyl (C=O) groups is 1. The largest absolute Gasteiger partial charge is 0.338 e. The lowest BCUT2D eigenvalue weighted by Crippen LogP contribution is -2.38. The number of nitrogens with one attached hydrogen (secondary N) is 1. The highest BCUT2D eigenvalue weighted by molar-refractivity contribution is 7.91. The smallest absolute Gasteiger partial charge is 0.237 e. The minimum Gasteiger partial charge on any atom is -0.338 e. The van der Waals surface area contributed by atoms with Gasteiger partial charge in [-0.1, -0.05) is 38.1 Å². The lowest BCUT2D eigenvalue weighted by molar-refractivity contribution is -0.135. The number of hydrogen-bond donors (Lipinski definition) is 1. The summed E-state index contributed by atoms with van der Waals surface area (Å²) in [5, 5.41) is 0. The van der Waals surface area contributed by atoms with Crippen molar-refractivity contribution in [2.24, 2.45) is 5.92 Å². The van der Waals surface area contributed by atoms with Crippen molar-refractivity contribution in [3.8, 4) is 0 Å². The Balaban J connectivity index is 1.76. The van der Waals surface area contributed by atoms with Gasteiger partial charge in [-0.25, -0.2) is 12.8 Å². The second-order valence-corrected chi connectivity index (χ2v) is 8.82. The van der Waals surface area contributed by atoms with Crippen molar-refractivity contribution in [3.63, 3.8) is 0 Å². The minimum atomic E-state index is -3.75. The minimum absolute atomic E-state index is 0.0750. The summed E-state index contributed by atoms with van der Waals surface area (Å²) in [5.41, 5.74) is 2.59. The molecule has 0 saturated heterocycles. The van der Waals surface area contributed by atoms with Crippen LogP contribution in [0.1, 0.15) is 30.5 Å². The molecule has 144 valence electrons. The maximum Gasteiger partial charge on any atom is 0.237 e. The number of fused-ring (bicyclic) bond motifs is 1. The van der Waals surface area contributed by atoms with E-state index in [9.17, 15) is 17.6 Å². The summed E-state index contributed by atoms with van der Waals surface area (Å²) in [7, 11) is -3.75. The fourth-order valence-corrected chi connectivity index (χ4v) is 4.41. The third-order valence-corrected chi connectivity index (χ3v) is 5.84. The van der Waals surface area contributed by atoms with Crippen LogP contribution in [0, 0.1) is 11.7 Å². The second kappa shape index (κ2) is 7.68. The van der Waals surface area contributed by atoms with Crippen molar-refractivity contribution in [3.05, 3.63) is 65.0 Å². The second-order valence-electron chi connectivity index (χ2n) is 7.10. The van der Waals surface area contributed by atoms with Crippen molar-refractivity contribution in [1.82, 2.24) is 4.90 Å². The molecule has 3 rings (SSSR count). The summed E-state index contributed by atoms with van der Waals surface area (Å²) in [6.45, 7) is 4.87. The number of amides is 1. The molecular formula is C20H23FN2O3S. The SMILES string of the molecule is CC(C)C(=O)N1CCc2ccc(NS(=O)(=O)Cc3ccccc3F)cc2C1. The Morgan fingerprint density at radius 3 is 2.63 bits per heavy atom. The van der Waals surface area contributed by atoms with Gasteiger partial charge in [-0.05, 0) is 35.7 Å². The molecule has 0 aliphatic carbocycles. The molecule has 0 spiro atoms. The third-order valence-electron chi connectivity index (χ3n) is 4.60. The van der Waals surface area contributed by atoms with Crippen LogP contribution in [0.25, 0.3) is 0 Å². The van der Waals surface area contributed by atoms with Crippen LogP contribution >= 0.6 is 0 Å². The van der Waals surface area contributed by atoms with E-state index in [1.54, 1.807) is 23.1 Å². The molecule has 1 aliphatic rings. The van der Waals surface area contributed by atoms with Crippen molar-refractivity contribution >= 4 is 21.6 Å². The van der Waals surface area contributed by atoms with Crippen LogP contribution in [-0.2, 0) is 33.5 Å². The van der Waals surface area contributed by atoms with Crippen molar-refractivity contribution in [2.75, 3.05) is 11.3 Å². The monoisotopic (exact) mass is 390 g/mol. The molecule has 0 radical (unpaired) electrons. The quantitative estimate of drug-likeness (QED) is 0.852. The zero-order valence-corrected chi connectivity index (χ0v) is 16.2. The lowest BCUT2D eigenvalue weighted by Gasteiger charge is -2.30. The first-order chi connectivity index (χ1) is 12.7. The van der Waals surface area contributed by atoms with E-state index in [4.69, 9.17) is 0 Å². The van der Waals surface area contributed by atoms with E-state index >= 15 is 0 Å². The molecule has 0 saturated carbocycles. The Labute approximate surface area is 159 Å². The van der Waals surface area contributed by atoms with Gasteiger partial charge in [0.2, 0.25) is 15.9 Å². The molecule has 0 aromatic heterocycles. The van der Waals surface area contributed by atoms with Crippen LogP contribution in [0.2, 0.25) is 0 Å². The predicted molar refractivity (Wildman–Crippen MR) is 103 cm³/mol. The average molecular weight is 390 g/mol. The zero-order chi connectivity index (χ0) is 19.6. The van der Waals surface area contributed by atoms with Gasteiger partial charge in [0.15, 0.2) is 0 Å². The summed E-state index contributed by atoms with van der Waals surface area (Å²) in [4.78, 5) is 14.0. The van der Waals surface area contributed by atoms with Gasteiger partial charge >= 0.3 is 0 Å². The first-order valence-corrected chi connectivity index (χ1v) is 10.5. The van der Waals surface area contributed by atoms with E-state index in [0.29, 0.717) is 18.8 Å². The molecule has 1 heterocycles. The molecule has 0 unspecified atom stereocenters. The summed E-state index contributed by atoms with van der Waals surface area (Å²) < 4.78 is 41.1. The summed E-state index contributed by atoms with van der Waals surface area (Å²) >= 11 is 0. The molecule has 0 atom stereocenters. The molecule has 1 N–H and O–H groups in total. The van der Waals surface area contributed by atoms with Gasteiger partial charge in [-0.3, -0.25) is 9.52 Å². The van der Waals surface area contributed by atoms with E-state index < -0.39 is 21.6 Å². The molecule has 7 heteroatoms. The van der Waals surface area contributed by atoms with Gasteiger partial charge in [-0.15, -0.1) is 0 Å². The fraction of sp³-hybridized carbons (Fsp3) is 0.350. The highest BCUT2D eigenvalue weighted by Crippen LogP contribution is 2.25. The Morgan fingerprint density at radius 2 is 1.93 bits per heavy atom. The highest BCUT2D eigenvalue weighted by Gasteiger charge is 2.23. The number of sulfonamides is 1. The Hall–Kier alpha value is -2.41. The highest BCUT2D eigenvalue weighted by atomic mass is 32.2. The molecule has 2 aromatic rings. The van der Waals surface area contributed by atoms with Crippen LogP contribution in [0.4, 0.5) is 10.1 Å². The molecule has 0 bridgehead atoms. The Bertz CT molecular complexity index is 957. The number of nitrogens with zero attached hydrogens (tertiary/aromatic N) is 1. The van der Waals surface area contributed by atoms with E-state index in [2.05, 4.69) is 4.72 Å². The number of carbonyl (C=O) groups excluding carboxylic acids is 1. The summed E-state index contributed by atoms with van der Waals surface area (Å²) in [6.07, 6.45) is 0.746. The van der Waals surface area contributed by atoms with Crippen molar-refractivity contribution < 1.29 is 17.6 Å². The summed E-state index contributed by atoms with van der Waals surface area (Å²) in [5.74, 6) is -0.967. The number of anilines is 1. The summed E-state index contributed by atoms with van der Waals surface area (Å²) in [6, 6.07) is 11.2. The molecule has 27 heavy (non-hydrogen) atoms. The number of halogens is 1. The van der Waals surface area contributed by atoms with Gasteiger partial charge in [0.25, 0.3) is 0 Å². The first kappa shape index (κ1) is 19.4. The Morgan fingerprint density at radius 1 is 1.19 bits per heavy atom. The first-order valence-electron chi connectivity index (χ1n) is 8.89. The number of hydrogen-bond acceptors (Lipinski definition) is 3. The normalized spacial score (nSPS) is 14.1. The average Bonchev–Trinajstić information content (AvgIpc) is 2.61. The molecule has 5 nitrogen and oxygen atoms in total. The van der Waals surface area contributed by atoms with Crippen molar-refractivity contribution in [2.45, 2.75) is 32.6 Å². The van der Waals surface area contributed by atoms with Gasteiger partial charge < -0.3 is 4.90 Å². The third kappa shape index (κ3) is 4.66. The topological polar surface area (TPSA) is 66.5 Å². The van der Waals surface area contributed by atoms with E-state index in [1.807, 2.05) is 19.9 Å². The fourth-order valence-electron chi connectivity index (χ4n) is 3.21. The molecule has 2 aromatic carbocycles. The van der Waals surface area contributed by atoms with Crippen LogP contribution in [0.5, 0.6) is 0 Å². The van der Waals surface area contributed by atoms with Gasteiger partial charge in [-0.2, -0.15) is 0 Å². The molecule has 0 fully saturated rings. The van der Waals surface area contributed by atoms with Crippen LogP contribution < -0.4 is 4.72 Å². The van der Waals surface area contributed by atoms with Gasteiger partial charge in [0.1, 0.15) is 5.82 Å². The zero-order valence-electron chi connectivity index (χ0n) is 15.4. The Kier molecular flexibility index (Phi) is 5.51. The van der Waals surface area contributed by atoms with E-state index in [0.717, 1.165) is 17.5 Å². The maximum atomic E-state index is 13.7. The van der Waals surface area contributed by atoms with E-state index in [-0.39, 0.29) is 17.4 Å². The lowest BCUT2D eigenvalue weighted by atomic mass is 9.98. The molecule has 1 amide bonds. The predicted octanol–water partition coefficient (Wildman–Crippen LogP) is 3.31. The van der Waals surface area contributed by atoms with E-state index in [1.165, 1.54) is 18.2 Å². The molecular weight excluding hydrogens is 367 g/mol. The maximum absolute atomic E-state index is 13.7. The van der Waals surface area contributed by atoms with Gasteiger partial charge in [0, 0.05) is 30.3 Å². The standard InChI is InChI=1S/C20H23FN2O3S/c1-14(2)20(24)23-10-9-15-7-8-18(11-17(15)12-23)22-27(25,26)13-16-5-3-4-6-19(16)21/h3-8,11,14,22H,9-10,12-13H2,1-2H3. The molecule has 1 aliphatic heterocycles. The van der Waals surface area contributed by atoms with Crippen LogP contribution in [0.3, 0.4) is 0 Å². The number of benzene rings is 2. The van der Waals surface area contributed by atoms with Crippen molar-refractivity contribution in [1.29, 1.82) is 0 Å². The van der Waals surface area contributed by atoms with Crippen LogP contribution in [-0.4, -0.2) is 25.8 Å².